The number of carboxylic acids is 1. The number of nitrogens with zero attached hydrogens (tertiary/aromatic N) is 1. The van der Waals surface area contributed by atoms with Crippen molar-refractivity contribution < 1.29 is 14.7 Å². The Hall–Kier alpha value is -1.84. The predicted molar refractivity (Wildman–Crippen MR) is 64.2 cm³/mol. The van der Waals surface area contributed by atoms with Gasteiger partial charge in [0.15, 0.2) is 0 Å². The SMILES string of the molecule is Cc1ccc2c(c1)C(C)(C(=O)O)CC(=O)N2C. The van der Waals surface area contributed by atoms with E-state index in [9.17, 15) is 14.7 Å². The minimum atomic E-state index is -1.12. The molecule has 0 saturated carbocycles. The summed E-state index contributed by atoms with van der Waals surface area (Å²) < 4.78 is 0. The maximum absolute atomic E-state index is 11.8. The first-order valence-electron chi connectivity index (χ1n) is 5.47. The highest BCUT2D eigenvalue weighted by Gasteiger charge is 2.44. The molecule has 1 N–H and O–H groups in total. The molecule has 0 bridgehead atoms. The first-order chi connectivity index (χ1) is 7.86. The Morgan fingerprint density at radius 3 is 2.71 bits per heavy atom. The van der Waals surface area contributed by atoms with Gasteiger partial charge in [0.05, 0.1) is 0 Å². The molecule has 0 aromatic heterocycles. The molecule has 1 atom stereocenters. The molecule has 1 aromatic carbocycles. The van der Waals surface area contributed by atoms with Crippen molar-refractivity contribution in [2.75, 3.05) is 11.9 Å². The van der Waals surface area contributed by atoms with Crippen LogP contribution in [0.1, 0.15) is 24.5 Å². The van der Waals surface area contributed by atoms with E-state index < -0.39 is 11.4 Å². The zero-order valence-electron chi connectivity index (χ0n) is 10.2. The summed E-state index contributed by atoms with van der Waals surface area (Å²) in [5.41, 5.74) is 1.29. The molecule has 0 radical (unpaired) electrons. The number of hydrogen-bond acceptors (Lipinski definition) is 2. The van der Waals surface area contributed by atoms with Gasteiger partial charge in [-0.1, -0.05) is 17.7 Å². The lowest BCUT2D eigenvalue weighted by Gasteiger charge is -2.36. The number of hydrogen-bond donors (Lipinski definition) is 1. The molecule has 2 rings (SSSR count). The summed E-state index contributed by atoms with van der Waals surface area (Å²) in [6.45, 7) is 3.53. The molecule has 1 aliphatic rings. The third kappa shape index (κ3) is 1.60. The first kappa shape index (κ1) is 11.6. The maximum Gasteiger partial charge on any atom is 0.314 e. The molecular weight excluding hydrogens is 218 g/mol. The van der Waals surface area contributed by atoms with Crippen LogP contribution in [0.25, 0.3) is 0 Å². The van der Waals surface area contributed by atoms with Crippen LogP contribution < -0.4 is 4.90 Å². The molecule has 1 heterocycles. The lowest BCUT2D eigenvalue weighted by atomic mass is 9.75. The van der Waals surface area contributed by atoms with E-state index in [0.29, 0.717) is 11.3 Å². The molecule has 0 aliphatic carbocycles. The highest BCUT2D eigenvalue weighted by atomic mass is 16.4. The fraction of sp³-hybridized carbons (Fsp3) is 0.385. The van der Waals surface area contributed by atoms with Gasteiger partial charge in [-0.15, -0.1) is 0 Å². The van der Waals surface area contributed by atoms with Crippen molar-refractivity contribution in [3.63, 3.8) is 0 Å². The Morgan fingerprint density at radius 2 is 2.12 bits per heavy atom. The summed E-state index contributed by atoms with van der Waals surface area (Å²) in [6.07, 6.45) is 0.00921. The summed E-state index contributed by atoms with van der Waals surface area (Å²) >= 11 is 0. The molecule has 1 aliphatic heterocycles. The Kier molecular flexibility index (Phi) is 2.45. The van der Waals surface area contributed by atoms with Gasteiger partial charge in [-0.25, -0.2) is 0 Å². The summed E-state index contributed by atoms with van der Waals surface area (Å²) in [5.74, 6) is -1.11. The Bertz CT molecular complexity index is 509. The van der Waals surface area contributed by atoms with Gasteiger partial charge in [0.25, 0.3) is 0 Å². The number of rotatable bonds is 1. The molecule has 17 heavy (non-hydrogen) atoms. The van der Waals surface area contributed by atoms with Gasteiger partial charge in [0.2, 0.25) is 5.91 Å². The minimum absolute atomic E-state index is 0.00921. The molecule has 1 unspecified atom stereocenters. The average Bonchev–Trinajstić information content (AvgIpc) is 2.26. The second kappa shape index (κ2) is 3.58. The second-order valence-electron chi connectivity index (χ2n) is 4.79. The Labute approximate surface area is 99.9 Å². The van der Waals surface area contributed by atoms with Gasteiger partial charge in [-0.2, -0.15) is 0 Å². The molecule has 4 heteroatoms. The van der Waals surface area contributed by atoms with Crippen LogP contribution in [-0.2, 0) is 15.0 Å². The van der Waals surface area contributed by atoms with E-state index in [2.05, 4.69) is 0 Å². The minimum Gasteiger partial charge on any atom is -0.481 e. The fourth-order valence-electron chi connectivity index (χ4n) is 2.23. The lowest BCUT2D eigenvalue weighted by molar-refractivity contribution is -0.145. The van der Waals surface area contributed by atoms with E-state index in [1.165, 1.54) is 4.90 Å². The number of fused-ring (bicyclic) bond motifs is 1. The van der Waals surface area contributed by atoms with Gasteiger partial charge in [-0.3, -0.25) is 9.59 Å². The quantitative estimate of drug-likeness (QED) is 0.803. The van der Waals surface area contributed by atoms with Crippen molar-refractivity contribution in [3.8, 4) is 0 Å². The average molecular weight is 233 g/mol. The van der Waals surface area contributed by atoms with E-state index in [4.69, 9.17) is 0 Å². The normalized spacial score (nSPS) is 23.5. The predicted octanol–water partition coefficient (Wildman–Crippen LogP) is 1.70. The van der Waals surface area contributed by atoms with Crippen LogP contribution in [0.15, 0.2) is 18.2 Å². The maximum atomic E-state index is 11.8. The molecular formula is C13H15NO3. The number of carboxylic acid groups (broad SMARTS) is 1. The van der Waals surface area contributed by atoms with Crippen LogP contribution in [0.5, 0.6) is 0 Å². The largest absolute Gasteiger partial charge is 0.481 e. The zero-order valence-corrected chi connectivity index (χ0v) is 10.2. The van der Waals surface area contributed by atoms with Crippen molar-refractivity contribution >= 4 is 17.6 Å². The number of carbonyl (C=O) groups excluding carboxylic acids is 1. The van der Waals surface area contributed by atoms with Crippen molar-refractivity contribution in [2.45, 2.75) is 25.7 Å². The number of aryl methyl sites for hydroxylation is 1. The number of anilines is 1. The standard InChI is InChI=1S/C13H15NO3/c1-8-4-5-10-9(6-8)13(2,12(16)17)7-11(15)14(10)3/h4-6H,7H2,1-3H3,(H,16,17). The van der Waals surface area contributed by atoms with Crippen molar-refractivity contribution in [1.29, 1.82) is 0 Å². The number of amides is 1. The van der Waals surface area contributed by atoms with Gasteiger partial charge in [-0.05, 0) is 25.5 Å². The smallest absolute Gasteiger partial charge is 0.314 e. The third-order valence-electron chi connectivity index (χ3n) is 3.46. The third-order valence-corrected chi connectivity index (χ3v) is 3.46. The lowest BCUT2D eigenvalue weighted by Crippen LogP contribution is -2.45. The summed E-state index contributed by atoms with van der Waals surface area (Å²) in [4.78, 5) is 24.8. The van der Waals surface area contributed by atoms with Crippen LogP contribution in [0, 0.1) is 6.92 Å². The molecule has 4 nitrogen and oxygen atoms in total. The van der Waals surface area contributed by atoms with Crippen LogP contribution in [0.3, 0.4) is 0 Å². The van der Waals surface area contributed by atoms with Crippen LogP contribution >= 0.6 is 0 Å². The van der Waals surface area contributed by atoms with Crippen molar-refractivity contribution in [3.05, 3.63) is 29.3 Å². The van der Waals surface area contributed by atoms with Crippen LogP contribution in [0.2, 0.25) is 0 Å². The van der Waals surface area contributed by atoms with E-state index in [1.807, 2.05) is 25.1 Å². The van der Waals surface area contributed by atoms with E-state index >= 15 is 0 Å². The molecule has 1 amide bonds. The zero-order chi connectivity index (χ0) is 12.8. The molecule has 0 saturated heterocycles. The van der Waals surface area contributed by atoms with E-state index in [0.717, 1.165) is 5.56 Å². The van der Waals surface area contributed by atoms with E-state index in [-0.39, 0.29) is 12.3 Å². The summed E-state index contributed by atoms with van der Waals surface area (Å²) in [5, 5.41) is 9.37. The fourth-order valence-corrected chi connectivity index (χ4v) is 2.23. The molecule has 1 aromatic rings. The Morgan fingerprint density at radius 1 is 1.47 bits per heavy atom. The highest BCUT2D eigenvalue weighted by Crippen LogP contribution is 2.40. The van der Waals surface area contributed by atoms with Crippen LogP contribution in [-0.4, -0.2) is 24.0 Å². The summed E-state index contributed by atoms with van der Waals surface area (Å²) in [7, 11) is 1.68. The van der Waals surface area contributed by atoms with Crippen molar-refractivity contribution in [2.24, 2.45) is 0 Å². The molecule has 90 valence electrons. The first-order valence-corrected chi connectivity index (χ1v) is 5.47. The highest BCUT2D eigenvalue weighted by molar-refractivity contribution is 6.03. The summed E-state index contributed by atoms with van der Waals surface area (Å²) in [6, 6.07) is 5.55. The van der Waals surface area contributed by atoms with Gasteiger partial charge in [0.1, 0.15) is 5.41 Å². The molecule has 0 fully saturated rings. The monoisotopic (exact) mass is 233 g/mol. The van der Waals surface area contributed by atoms with Crippen molar-refractivity contribution in [1.82, 2.24) is 0 Å². The van der Waals surface area contributed by atoms with Gasteiger partial charge in [0, 0.05) is 19.2 Å². The number of benzene rings is 1. The van der Waals surface area contributed by atoms with Gasteiger partial charge >= 0.3 is 5.97 Å². The number of carbonyl (C=O) groups is 2. The van der Waals surface area contributed by atoms with Crippen LogP contribution in [0.4, 0.5) is 5.69 Å². The van der Waals surface area contributed by atoms with Gasteiger partial charge < -0.3 is 10.0 Å². The second-order valence-corrected chi connectivity index (χ2v) is 4.79. The molecule has 0 spiro atoms. The Balaban J connectivity index is 2.70. The topological polar surface area (TPSA) is 57.6 Å². The van der Waals surface area contributed by atoms with E-state index in [1.54, 1.807) is 14.0 Å². The number of aliphatic carboxylic acids is 1.